The van der Waals surface area contributed by atoms with Gasteiger partial charge in [0.1, 0.15) is 6.04 Å². The fourth-order valence-corrected chi connectivity index (χ4v) is 3.21. The molecule has 0 aliphatic carbocycles. The van der Waals surface area contributed by atoms with E-state index >= 15 is 0 Å². The number of thioether (sulfide) groups is 1. The zero-order valence-electron chi connectivity index (χ0n) is 9.52. The van der Waals surface area contributed by atoms with Crippen molar-refractivity contribution in [2.45, 2.75) is 32.2 Å². The standard InChI is InChI=1S/C10H17NO3S/c1-10(2,3)9-11(6-12)7(5-15-9)8(13)14-4/h6-7,9H,5H2,1-4H3/t7-,9?/m1/s1. The first-order valence-corrected chi connectivity index (χ1v) is 5.89. The molecule has 15 heavy (non-hydrogen) atoms. The molecule has 1 unspecified atom stereocenters. The quantitative estimate of drug-likeness (QED) is 0.527. The van der Waals surface area contributed by atoms with Crippen LogP contribution < -0.4 is 0 Å². The molecule has 0 aromatic carbocycles. The predicted octanol–water partition coefficient (Wildman–Crippen LogP) is 1.11. The highest BCUT2D eigenvalue weighted by Gasteiger charge is 2.43. The minimum Gasteiger partial charge on any atom is -0.467 e. The van der Waals surface area contributed by atoms with E-state index < -0.39 is 6.04 Å². The summed E-state index contributed by atoms with van der Waals surface area (Å²) < 4.78 is 4.67. The lowest BCUT2D eigenvalue weighted by Crippen LogP contribution is -2.45. The minimum absolute atomic E-state index is 0.0334. The van der Waals surface area contributed by atoms with E-state index in [9.17, 15) is 9.59 Å². The second-order valence-electron chi connectivity index (χ2n) is 4.64. The molecule has 1 saturated heterocycles. The highest BCUT2D eigenvalue weighted by atomic mass is 32.2. The summed E-state index contributed by atoms with van der Waals surface area (Å²) in [6.45, 7) is 6.17. The summed E-state index contributed by atoms with van der Waals surface area (Å²) in [6.07, 6.45) is 0.748. The van der Waals surface area contributed by atoms with Gasteiger partial charge in [-0.15, -0.1) is 11.8 Å². The van der Waals surface area contributed by atoms with Gasteiger partial charge in [0.2, 0.25) is 6.41 Å². The van der Waals surface area contributed by atoms with Crippen LogP contribution in [0.25, 0.3) is 0 Å². The van der Waals surface area contributed by atoms with Crippen LogP contribution in [0.3, 0.4) is 0 Å². The number of amides is 1. The normalized spacial score (nSPS) is 26.5. The average molecular weight is 231 g/mol. The van der Waals surface area contributed by atoms with Crippen molar-refractivity contribution in [3.8, 4) is 0 Å². The summed E-state index contributed by atoms with van der Waals surface area (Å²) in [5, 5.41) is 0.0408. The van der Waals surface area contributed by atoms with E-state index in [4.69, 9.17) is 0 Å². The van der Waals surface area contributed by atoms with Crippen molar-refractivity contribution in [1.29, 1.82) is 0 Å². The van der Waals surface area contributed by atoms with Crippen LogP contribution in [-0.4, -0.2) is 41.6 Å². The molecule has 0 bridgehead atoms. The Morgan fingerprint density at radius 2 is 2.13 bits per heavy atom. The zero-order chi connectivity index (χ0) is 11.6. The molecule has 1 aliphatic heterocycles. The highest BCUT2D eigenvalue weighted by Crippen LogP contribution is 2.39. The molecule has 5 heteroatoms. The summed E-state index contributed by atoms with van der Waals surface area (Å²) >= 11 is 1.63. The number of ether oxygens (including phenoxy) is 1. The van der Waals surface area contributed by atoms with Crippen molar-refractivity contribution < 1.29 is 14.3 Å². The van der Waals surface area contributed by atoms with Crippen LogP contribution in [0.1, 0.15) is 20.8 Å². The first-order chi connectivity index (χ1) is 6.91. The first-order valence-electron chi connectivity index (χ1n) is 4.84. The number of carbonyl (C=O) groups excluding carboxylic acids is 2. The number of hydrogen-bond donors (Lipinski definition) is 0. The van der Waals surface area contributed by atoms with Crippen molar-refractivity contribution in [3.63, 3.8) is 0 Å². The minimum atomic E-state index is -0.429. The lowest BCUT2D eigenvalue weighted by molar-refractivity contribution is -0.149. The Morgan fingerprint density at radius 1 is 1.53 bits per heavy atom. The Bertz CT molecular complexity index is 262. The van der Waals surface area contributed by atoms with Crippen LogP contribution in [-0.2, 0) is 14.3 Å². The maximum Gasteiger partial charge on any atom is 0.329 e. The molecule has 1 fully saturated rings. The fraction of sp³-hybridized carbons (Fsp3) is 0.800. The number of nitrogens with zero attached hydrogens (tertiary/aromatic N) is 1. The summed E-state index contributed by atoms with van der Waals surface area (Å²) in [5.74, 6) is 0.286. The number of carbonyl (C=O) groups is 2. The van der Waals surface area contributed by atoms with Crippen LogP contribution in [0.5, 0.6) is 0 Å². The molecule has 0 aromatic rings. The van der Waals surface area contributed by atoms with Gasteiger partial charge < -0.3 is 9.64 Å². The molecule has 1 heterocycles. The third-order valence-electron chi connectivity index (χ3n) is 2.38. The van der Waals surface area contributed by atoms with Gasteiger partial charge in [-0.1, -0.05) is 20.8 Å². The zero-order valence-corrected chi connectivity index (χ0v) is 10.3. The van der Waals surface area contributed by atoms with Gasteiger partial charge in [-0.25, -0.2) is 4.79 Å². The Morgan fingerprint density at radius 3 is 2.53 bits per heavy atom. The van der Waals surface area contributed by atoms with Crippen LogP contribution in [0, 0.1) is 5.41 Å². The van der Waals surface area contributed by atoms with Crippen molar-refractivity contribution >= 4 is 24.1 Å². The second kappa shape index (κ2) is 4.43. The molecule has 0 radical (unpaired) electrons. The summed E-state index contributed by atoms with van der Waals surface area (Å²) in [6, 6.07) is -0.429. The van der Waals surface area contributed by atoms with Crippen molar-refractivity contribution in [3.05, 3.63) is 0 Å². The van der Waals surface area contributed by atoms with Crippen molar-refractivity contribution in [2.24, 2.45) is 5.41 Å². The largest absolute Gasteiger partial charge is 0.467 e. The van der Waals surface area contributed by atoms with E-state index in [0.717, 1.165) is 6.41 Å². The Kier molecular flexibility index (Phi) is 3.65. The van der Waals surface area contributed by atoms with E-state index in [-0.39, 0.29) is 16.8 Å². The molecule has 2 atom stereocenters. The fourth-order valence-electron chi connectivity index (χ4n) is 1.67. The molecule has 0 spiro atoms. The first kappa shape index (κ1) is 12.4. The van der Waals surface area contributed by atoms with E-state index in [1.807, 2.05) is 0 Å². The topological polar surface area (TPSA) is 46.6 Å². The van der Waals surface area contributed by atoms with Gasteiger partial charge in [-0.2, -0.15) is 0 Å². The van der Waals surface area contributed by atoms with Crippen LogP contribution >= 0.6 is 11.8 Å². The molecule has 0 N–H and O–H groups in total. The van der Waals surface area contributed by atoms with Crippen LogP contribution in [0.4, 0.5) is 0 Å². The SMILES string of the molecule is COC(=O)[C@H]1CSC(C(C)(C)C)N1C=O. The lowest BCUT2D eigenvalue weighted by Gasteiger charge is -2.33. The maximum atomic E-state index is 11.4. The summed E-state index contributed by atoms with van der Waals surface area (Å²) in [7, 11) is 1.35. The van der Waals surface area contributed by atoms with Gasteiger partial charge in [0.05, 0.1) is 12.5 Å². The van der Waals surface area contributed by atoms with E-state index in [2.05, 4.69) is 25.5 Å². The molecular formula is C10H17NO3S. The summed E-state index contributed by atoms with van der Waals surface area (Å²) in [4.78, 5) is 24.0. The highest BCUT2D eigenvalue weighted by molar-refractivity contribution is 8.00. The molecule has 86 valence electrons. The molecule has 1 aliphatic rings. The van der Waals surface area contributed by atoms with Crippen molar-refractivity contribution in [2.75, 3.05) is 12.9 Å². The number of rotatable bonds is 2. The lowest BCUT2D eigenvalue weighted by atomic mass is 9.95. The third kappa shape index (κ3) is 2.45. The van der Waals surface area contributed by atoms with Gasteiger partial charge in [-0.05, 0) is 5.41 Å². The summed E-state index contributed by atoms with van der Waals surface area (Å²) in [5.41, 5.74) is -0.0334. The van der Waals surface area contributed by atoms with Gasteiger partial charge >= 0.3 is 5.97 Å². The van der Waals surface area contributed by atoms with Gasteiger partial charge in [0, 0.05) is 5.75 Å². The van der Waals surface area contributed by atoms with E-state index in [1.165, 1.54) is 7.11 Å². The van der Waals surface area contributed by atoms with Gasteiger partial charge in [-0.3, -0.25) is 4.79 Å². The molecule has 1 amide bonds. The van der Waals surface area contributed by atoms with E-state index in [0.29, 0.717) is 5.75 Å². The third-order valence-corrected chi connectivity index (χ3v) is 4.15. The Hall–Kier alpha value is -0.710. The second-order valence-corrected chi connectivity index (χ2v) is 5.76. The van der Waals surface area contributed by atoms with Crippen LogP contribution in [0.2, 0.25) is 0 Å². The van der Waals surface area contributed by atoms with Gasteiger partial charge in [0.15, 0.2) is 0 Å². The maximum absolute atomic E-state index is 11.4. The molecule has 1 rings (SSSR count). The Balaban J connectivity index is 2.83. The monoisotopic (exact) mass is 231 g/mol. The molecular weight excluding hydrogens is 214 g/mol. The number of methoxy groups -OCH3 is 1. The van der Waals surface area contributed by atoms with Crippen LogP contribution in [0.15, 0.2) is 0 Å². The molecule has 0 aromatic heterocycles. The number of esters is 1. The molecule has 0 saturated carbocycles. The van der Waals surface area contributed by atoms with E-state index in [1.54, 1.807) is 16.7 Å². The smallest absolute Gasteiger partial charge is 0.329 e. The Labute approximate surface area is 94.3 Å². The molecule has 4 nitrogen and oxygen atoms in total. The number of hydrogen-bond acceptors (Lipinski definition) is 4. The van der Waals surface area contributed by atoms with Gasteiger partial charge in [0.25, 0.3) is 0 Å². The van der Waals surface area contributed by atoms with Crippen molar-refractivity contribution in [1.82, 2.24) is 4.90 Å². The predicted molar refractivity (Wildman–Crippen MR) is 59.4 cm³/mol. The average Bonchev–Trinajstić information content (AvgIpc) is 2.59.